The van der Waals surface area contributed by atoms with Gasteiger partial charge in [-0.2, -0.15) is 5.10 Å². The summed E-state index contributed by atoms with van der Waals surface area (Å²) in [7, 11) is 1.64. The van der Waals surface area contributed by atoms with Crippen LogP contribution in [0.4, 0.5) is 4.39 Å². The second-order valence-corrected chi connectivity index (χ2v) is 7.54. The van der Waals surface area contributed by atoms with E-state index in [1.165, 1.54) is 12.1 Å². The lowest BCUT2D eigenvalue weighted by atomic mass is 9.99. The lowest BCUT2D eigenvalue weighted by molar-refractivity contribution is 0.0745. The van der Waals surface area contributed by atoms with Gasteiger partial charge in [-0.1, -0.05) is 12.1 Å². The number of fused-ring (bicyclic) bond motifs is 2. The number of aromatic nitrogens is 3. The van der Waals surface area contributed by atoms with Crippen LogP contribution in [0.15, 0.2) is 48.7 Å². The number of ether oxygens (including phenoxy) is 1. The molecule has 0 aliphatic carbocycles. The normalized spacial score (nSPS) is 15.8. The predicted molar refractivity (Wildman–Crippen MR) is 111 cm³/mol. The quantitative estimate of drug-likeness (QED) is 0.525. The molecule has 1 unspecified atom stereocenters. The van der Waals surface area contributed by atoms with Gasteiger partial charge in [0.05, 0.1) is 13.2 Å². The number of methoxy groups -OCH3 is 1. The second kappa shape index (κ2) is 7.02. The smallest absolute Gasteiger partial charge is 0.275 e. The van der Waals surface area contributed by atoms with E-state index in [9.17, 15) is 9.18 Å². The minimum absolute atomic E-state index is 0.138. The van der Waals surface area contributed by atoms with Gasteiger partial charge in [0.25, 0.3) is 5.91 Å². The van der Waals surface area contributed by atoms with Gasteiger partial charge in [-0.3, -0.25) is 9.89 Å². The van der Waals surface area contributed by atoms with Crippen molar-refractivity contribution in [3.05, 3.63) is 82.6 Å². The lowest BCUT2D eigenvalue weighted by Crippen LogP contribution is -2.31. The monoisotopic (exact) mass is 404 g/mol. The Morgan fingerprint density at radius 3 is 2.90 bits per heavy atom. The number of nitrogens with one attached hydrogen (secondary N) is 2. The molecule has 4 aromatic rings. The molecule has 7 heteroatoms. The number of benzene rings is 2. The fourth-order valence-corrected chi connectivity index (χ4v) is 4.33. The molecule has 30 heavy (non-hydrogen) atoms. The molecule has 0 radical (unpaired) electrons. The highest BCUT2D eigenvalue weighted by Gasteiger charge is 2.41. The standard InChI is InChI=1S/C23H21FN4O2/c1-13-20-21(27-26-13)23(29)28(22(20)14-4-3-5-16(24)10-14)9-8-15-12-25-19-7-6-17(30-2)11-18(15)19/h3-7,10-12,22,25H,8-9H2,1-2H3,(H,26,27). The summed E-state index contributed by atoms with van der Waals surface area (Å²) >= 11 is 0. The SMILES string of the molecule is COc1ccc2[nH]cc(CCN3C(=O)c4n[nH]c(C)c4C3c3cccc(F)c3)c2c1. The maximum Gasteiger partial charge on any atom is 0.275 e. The van der Waals surface area contributed by atoms with E-state index in [0.717, 1.165) is 39.0 Å². The molecule has 1 aliphatic heterocycles. The zero-order chi connectivity index (χ0) is 20.8. The molecule has 5 rings (SSSR count). The van der Waals surface area contributed by atoms with Crippen molar-refractivity contribution in [3.63, 3.8) is 0 Å². The maximum atomic E-state index is 14.0. The van der Waals surface area contributed by atoms with E-state index in [1.54, 1.807) is 18.1 Å². The molecule has 1 atom stereocenters. The van der Waals surface area contributed by atoms with Crippen LogP contribution in [0.25, 0.3) is 10.9 Å². The van der Waals surface area contributed by atoms with Gasteiger partial charge < -0.3 is 14.6 Å². The predicted octanol–water partition coefficient (Wildman–Crippen LogP) is 4.14. The highest BCUT2D eigenvalue weighted by Crippen LogP contribution is 2.39. The van der Waals surface area contributed by atoms with E-state index in [0.29, 0.717) is 18.7 Å². The van der Waals surface area contributed by atoms with Crippen molar-refractivity contribution >= 4 is 16.8 Å². The van der Waals surface area contributed by atoms with Crippen LogP contribution in [0.3, 0.4) is 0 Å². The van der Waals surface area contributed by atoms with Crippen LogP contribution in [0.1, 0.15) is 38.9 Å². The number of carbonyl (C=O) groups is 1. The molecule has 0 bridgehead atoms. The number of amides is 1. The van der Waals surface area contributed by atoms with Crippen LogP contribution in [-0.4, -0.2) is 39.6 Å². The highest BCUT2D eigenvalue weighted by atomic mass is 19.1. The number of H-pyrrole nitrogens is 2. The number of aryl methyl sites for hydroxylation is 1. The van der Waals surface area contributed by atoms with Crippen molar-refractivity contribution in [2.45, 2.75) is 19.4 Å². The van der Waals surface area contributed by atoms with Crippen molar-refractivity contribution in [2.75, 3.05) is 13.7 Å². The summed E-state index contributed by atoms with van der Waals surface area (Å²) < 4.78 is 19.3. The summed E-state index contributed by atoms with van der Waals surface area (Å²) in [4.78, 5) is 18.2. The molecule has 0 fully saturated rings. The lowest BCUT2D eigenvalue weighted by Gasteiger charge is -2.26. The van der Waals surface area contributed by atoms with Crippen LogP contribution in [0, 0.1) is 12.7 Å². The molecule has 3 heterocycles. The summed E-state index contributed by atoms with van der Waals surface area (Å²) in [5.74, 6) is 0.327. The van der Waals surface area contributed by atoms with Crippen LogP contribution in [0.5, 0.6) is 5.75 Å². The summed E-state index contributed by atoms with van der Waals surface area (Å²) in [5, 5.41) is 8.18. The first kappa shape index (κ1) is 18.4. The number of halogens is 1. The minimum atomic E-state index is -0.360. The van der Waals surface area contributed by atoms with Crippen LogP contribution >= 0.6 is 0 Å². The van der Waals surface area contributed by atoms with E-state index in [2.05, 4.69) is 15.2 Å². The molecule has 6 nitrogen and oxygen atoms in total. The van der Waals surface area contributed by atoms with Crippen LogP contribution in [0.2, 0.25) is 0 Å². The Bertz CT molecular complexity index is 1260. The Hall–Kier alpha value is -3.61. The number of rotatable bonds is 5. The molecule has 0 saturated heterocycles. The third-order valence-electron chi connectivity index (χ3n) is 5.80. The van der Waals surface area contributed by atoms with E-state index in [-0.39, 0.29) is 17.8 Å². The number of carbonyl (C=O) groups excluding carboxylic acids is 1. The van der Waals surface area contributed by atoms with Gasteiger partial charge >= 0.3 is 0 Å². The Morgan fingerprint density at radius 2 is 2.10 bits per heavy atom. The van der Waals surface area contributed by atoms with E-state index in [1.807, 2.05) is 37.4 Å². The average molecular weight is 404 g/mol. The van der Waals surface area contributed by atoms with Gasteiger partial charge in [0.2, 0.25) is 0 Å². The fraction of sp³-hybridized carbons (Fsp3) is 0.217. The number of aromatic amines is 2. The molecule has 0 spiro atoms. The van der Waals surface area contributed by atoms with Crippen LogP contribution in [-0.2, 0) is 6.42 Å². The van der Waals surface area contributed by atoms with Crippen molar-refractivity contribution in [1.82, 2.24) is 20.1 Å². The molecule has 152 valence electrons. The van der Waals surface area contributed by atoms with Gasteiger partial charge in [0, 0.05) is 34.9 Å². The summed E-state index contributed by atoms with van der Waals surface area (Å²) in [5.41, 5.74) is 4.93. The van der Waals surface area contributed by atoms with E-state index < -0.39 is 0 Å². The minimum Gasteiger partial charge on any atom is -0.497 e. The Labute approximate surface area is 172 Å². The molecular formula is C23H21FN4O2. The van der Waals surface area contributed by atoms with Crippen molar-refractivity contribution in [1.29, 1.82) is 0 Å². The van der Waals surface area contributed by atoms with Crippen molar-refractivity contribution in [2.24, 2.45) is 0 Å². The first-order valence-electron chi connectivity index (χ1n) is 9.82. The van der Waals surface area contributed by atoms with Crippen molar-refractivity contribution in [3.8, 4) is 5.75 Å². The molecule has 2 aromatic carbocycles. The van der Waals surface area contributed by atoms with Gasteiger partial charge in [0.1, 0.15) is 11.6 Å². The Balaban J connectivity index is 1.49. The molecule has 1 aliphatic rings. The zero-order valence-corrected chi connectivity index (χ0v) is 16.7. The third-order valence-corrected chi connectivity index (χ3v) is 5.80. The number of nitrogens with zero attached hydrogens (tertiary/aromatic N) is 2. The summed E-state index contributed by atoms with van der Waals surface area (Å²) in [6.45, 7) is 2.38. The number of hydrogen-bond acceptors (Lipinski definition) is 3. The fourth-order valence-electron chi connectivity index (χ4n) is 4.33. The Morgan fingerprint density at radius 1 is 1.23 bits per heavy atom. The highest BCUT2D eigenvalue weighted by molar-refractivity contribution is 5.98. The van der Waals surface area contributed by atoms with Gasteiger partial charge in [0.15, 0.2) is 5.69 Å². The molecule has 0 saturated carbocycles. The second-order valence-electron chi connectivity index (χ2n) is 7.54. The van der Waals surface area contributed by atoms with Gasteiger partial charge in [-0.05, 0) is 54.8 Å². The van der Waals surface area contributed by atoms with Gasteiger partial charge in [-0.15, -0.1) is 0 Å². The van der Waals surface area contributed by atoms with Crippen LogP contribution < -0.4 is 4.74 Å². The molecule has 2 N–H and O–H groups in total. The average Bonchev–Trinajstić information content (AvgIpc) is 3.41. The first-order chi connectivity index (χ1) is 14.6. The Kier molecular flexibility index (Phi) is 4.31. The molecular weight excluding hydrogens is 383 g/mol. The first-order valence-corrected chi connectivity index (χ1v) is 9.82. The molecule has 2 aromatic heterocycles. The van der Waals surface area contributed by atoms with Gasteiger partial charge in [-0.25, -0.2) is 4.39 Å². The third kappa shape index (κ3) is 2.85. The van der Waals surface area contributed by atoms with E-state index in [4.69, 9.17) is 4.74 Å². The summed E-state index contributed by atoms with van der Waals surface area (Å²) in [6.07, 6.45) is 2.62. The van der Waals surface area contributed by atoms with Crippen molar-refractivity contribution < 1.29 is 13.9 Å². The maximum absolute atomic E-state index is 14.0. The largest absolute Gasteiger partial charge is 0.497 e. The van der Waals surface area contributed by atoms with E-state index >= 15 is 0 Å². The topological polar surface area (TPSA) is 74.0 Å². The zero-order valence-electron chi connectivity index (χ0n) is 16.7. The molecule has 1 amide bonds. The number of hydrogen-bond donors (Lipinski definition) is 2. The summed E-state index contributed by atoms with van der Waals surface area (Å²) in [6, 6.07) is 11.9.